The van der Waals surface area contributed by atoms with E-state index >= 15 is 0 Å². The number of rotatable bonds is 6. The Labute approximate surface area is 112 Å². The summed E-state index contributed by atoms with van der Waals surface area (Å²) in [4.78, 5) is 0.160. The van der Waals surface area contributed by atoms with Crippen molar-refractivity contribution in [3.05, 3.63) is 42.7 Å². The van der Waals surface area contributed by atoms with E-state index in [-0.39, 0.29) is 4.90 Å². The molecule has 1 heterocycles. The first kappa shape index (κ1) is 13.6. The van der Waals surface area contributed by atoms with Crippen LogP contribution < -0.4 is 10.0 Å². The molecule has 102 valence electrons. The molecule has 0 saturated heterocycles. The lowest BCUT2D eigenvalue weighted by Gasteiger charge is -2.05. The number of nitrogens with one attached hydrogen (secondary N) is 2. The summed E-state index contributed by atoms with van der Waals surface area (Å²) in [6.07, 6.45) is 2.86. The maximum Gasteiger partial charge on any atom is 0.265 e. The number of hydrogen-bond acceptors (Lipinski definition) is 4. The van der Waals surface area contributed by atoms with Gasteiger partial charge in [-0.25, -0.2) is 8.42 Å². The first-order chi connectivity index (χ1) is 9.12. The SMILES string of the molecule is CNCCn1cc(S(=O)(=O)Nc2ccccc2)cn1. The molecular weight excluding hydrogens is 264 g/mol. The van der Waals surface area contributed by atoms with Gasteiger partial charge in [0.2, 0.25) is 0 Å². The zero-order valence-electron chi connectivity index (χ0n) is 10.6. The fourth-order valence-corrected chi connectivity index (χ4v) is 2.56. The lowest BCUT2D eigenvalue weighted by atomic mass is 10.3. The van der Waals surface area contributed by atoms with E-state index in [0.717, 1.165) is 6.54 Å². The molecule has 2 aromatic rings. The molecule has 0 amide bonds. The summed E-state index contributed by atoms with van der Waals surface area (Å²) >= 11 is 0. The smallest absolute Gasteiger partial charge is 0.265 e. The quantitative estimate of drug-likeness (QED) is 0.824. The second-order valence-corrected chi connectivity index (χ2v) is 5.70. The van der Waals surface area contributed by atoms with Crippen LogP contribution in [0.5, 0.6) is 0 Å². The molecule has 0 radical (unpaired) electrons. The highest BCUT2D eigenvalue weighted by Crippen LogP contribution is 2.14. The summed E-state index contributed by atoms with van der Waals surface area (Å²) in [6, 6.07) is 8.77. The van der Waals surface area contributed by atoms with E-state index in [1.165, 1.54) is 12.4 Å². The van der Waals surface area contributed by atoms with Crippen LogP contribution in [0.15, 0.2) is 47.6 Å². The van der Waals surface area contributed by atoms with Gasteiger partial charge in [-0.15, -0.1) is 0 Å². The van der Waals surface area contributed by atoms with E-state index in [1.807, 2.05) is 13.1 Å². The summed E-state index contributed by atoms with van der Waals surface area (Å²) in [5.74, 6) is 0. The number of likely N-dealkylation sites (N-methyl/N-ethyl adjacent to an activating group) is 1. The average molecular weight is 280 g/mol. The first-order valence-electron chi connectivity index (χ1n) is 5.87. The molecule has 0 saturated carbocycles. The van der Waals surface area contributed by atoms with Gasteiger partial charge < -0.3 is 5.32 Å². The van der Waals surface area contributed by atoms with Crippen LogP contribution in [0.4, 0.5) is 5.69 Å². The van der Waals surface area contributed by atoms with E-state index < -0.39 is 10.0 Å². The van der Waals surface area contributed by atoms with E-state index in [0.29, 0.717) is 12.2 Å². The van der Waals surface area contributed by atoms with Gasteiger partial charge in [-0.2, -0.15) is 5.10 Å². The van der Waals surface area contributed by atoms with Crippen molar-refractivity contribution < 1.29 is 8.42 Å². The lowest BCUT2D eigenvalue weighted by Crippen LogP contribution is -2.15. The van der Waals surface area contributed by atoms with Gasteiger partial charge in [0, 0.05) is 18.4 Å². The third-order valence-electron chi connectivity index (χ3n) is 2.54. The Morgan fingerprint density at radius 2 is 2.00 bits per heavy atom. The standard InChI is InChI=1S/C12H16N4O2S/c1-13-7-8-16-10-12(9-14-16)19(17,18)15-11-5-3-2-4-6-11/h2-6,9-10,13,15H,7-8H2,1H3. The average Bonchev–Trinajstić information content (AvgIpc) is 2.86. The molecule has 1 aromatic carbocycles. The largest absolute Gasteiger partial charge is 0.318 e. The highest BCUT2D eigenvalue weighted by molar-refractivity contribution is 7.92. The zero-order valence-corrected chi connectivity index (χ0v) is 11.4. The Hall–Kier alpha value is -1.86. The maximum absolute atomic E-state index is 12.1. The van der Waals surface area contributed by atoms with Crippen LogP contribution in [0.1, 0.15) is 0 Å². The molecule has 1 aromatic heterocycles. The molecule has 2 N–H and O–H groups in total. The predicted octanol–water partition coefficient (Wildman–Crippen LogP) is 0.903. The van der Waals surface area contributed by atoms with Crippen molar-refractivity contribution in [2.75, 3.05) is 18.3 Å². The molecule has 0 unspecified atom stereocenters. The van der Waals surface area contributed by atoms with Crippen molar-refractivity contribution in [3.8, 4) is 0 Å². The third-order valence-corrected chi connectivity index (χ3v) is 3.87. The van der Waals surface area contributed by atoms with Crippen molar-refractivity contribution in [1.29, 1.82) is 0 Å². The van der Waals surface area contributed by atoms with Gasteiger partial charge in [0.1, 0.15) is 4.90 Å². The molecule has 0 bridgehead atoms. The van der Waals surface area contributed by atoms with Gasteiger partial charge in [0.25, 0.3) is 10.0 Å². The number of benzene rings is 1. The molecule has 0 aliphatic rings. The molecule has 0 aliphatic heterocycles. The van der Waals surface area contributed by atoms with Gasteiger partial charge in [0.15, 0.2) is 0 Å². The molecule has 0 fully saturated rings. The molecule has 0 spiro atoms. The van der Waals surface area contributed by atoms with Crippen LogP contribution in [-0.2, 0) is 16.6 Å². The van der Waals surface area contributed by atoms with E-state index in [9.17, 15) is 8.42 Å². The summed E-state index contributed by atoms with van der Waals surface area (Å²) in [6.45, 7) is 1.35. The fourth-order valence-electron chi connectivity index (χ4n) is 1.55. The Morgan fingerprint density at radius 1 is 1.26 bits per heavy atom. The fraction of sp³-hybridized carbons (Fsp3) is 0.250. The van der Waals surface area contributed by atoms with Crippen molar-refractivity contribution in [1.82, 2.24) is 15.1 Å². The lowest BCUT2D eigenvalue weighted by molar-refractivity contribution is 0.582. The van der Waals surface area contributed by atoms with E-state index in [1.54, 1.807) is 28.9 Å². The minimum Gasteiger partial charge on any atom is -0.318 e. The van der Waals surface area contributed by atoms with Gasteiger partial charge in [-0.1, -0.05) is 18.2 Å². The van der Waals surface area contributed by atoms with Crippen LogP contribution in [-0.4, -0.2) is 31.8 Å². The molecule has 7 heteroatoms. The monoisotopic (exact) mass is 280 g/mol. The highest BCUT2D eigenvalue weighted by Gasteiger charge is 2.16. The Balaban J connectivity index is 2.13. The maximum atomic E-state index is 12.1. The van der Waals surface area contributed by atoms with Gasteiger partial charge in [-0.05, 0) is 19.2 Å². The van der Waals surface area contributed by atoms with Gasteiger partial charge in [0.05, 0.1) is 12.7 Å². The number of anilines is 1. The minimum atomic E-state index is -3.57. The number of sulfonamides is 1. The number of nitrogens with zero attached hydrogens (tertiary/aromatic N) is 2. The second-order valence-electron chi connectivity index (χ2n) is 4.01. The number of aromatic nitrogens is 2. The van der Waals surface area contributed by atoms with Crippen molar-refractivity contribution >= 4 is 15.7 Å². The molecule has 19 heavy (non-hydrogen) atoms. The number of para-hydroxylation sites is 1. The van der Waals surface area contributed by atoms with Crippen LogP contribution >= 0.6 is 0 Å². The normalized spacial score (nSPS) is 11.4. The van der Waals surface area contributed by atoms with E-state index in [4.69, 9.17) is 0 Å². The Kier molecular flexibility index (Phi) is 4.18. The van der Waals surface area contributed by atoms with Crippen LogP contribution in [0.3, 0.4) is 0 Å². The van der Waals surface area contributed by atoms with Crippen molar-refractivity contribution in [2.45, 2.75) is 11.4 Å². The molecule has 0 atom stereocenters. The highest BCUT2D eigenvalue weighted by atomic mass is 32.2. The van der Waals surface area contributed by atoms with Gasteiger partial charge >= 0.3 is 0 Å². The molecular formula is C12H16N4O2S. The van der Waals surface area contributed by atoms with Gasteiger partial charge in [-0.3, -0.25) is 9.40 Å². The minimum absolute atomic E-state index is 0.160. The first-order valence-corrected chi connectivity index (χ1v) is 7.35. The van der Waals surface area contributed by atoms with Crippen molar-refractivity contribution in [3.63, 3.8) is 0 Å². The van der Waals surface area contributed by atoms with Crippen LogP contribution in [0.2, 0.25) is 0 Å². The van der Waals surface area contributed by atoms with E-state index in [2.05, 4.69) is 15.1 Å². The Morgan fingerprint density at radius 3 is 2.68 bits per heavy atom. The topological polar surface area (TPSA) is 76.0 Å². The Bertz CT molecular complexity index is 622. The third kappa shape index (κ3) is 3.55. The summed E-state index contributed by atoms with van der Waals surface area (Å²) < 4.78 is 28.3. The van der Waals surface area contributed by atoms with Crippen LogP contribution in [0.25, 0.3) is 0 Å². The summed E-state index contributed by atoms with van der Waals surface area (Å²) in [5.41, 5.74) is 0.533. The molecule has 2 rings (SSSR count). The second kappa shape index (κ2) is 5.85. The molecule has 0 aliphatic carbocycles. The van der Waals surface area contributed by atoms with Crippen molar-refractivity contribution in [2.24, 2.45) is 0 Å². The van der Waals surface area contributed by atoms with Crippen LogP contribution in [0, 0.1) is 0 Å². The number of hydrogen-bond donors (Lipinski definition) is 2. The summed E-state index contributed by atoms with van der Waals surface area (Å²) in [7, 11) is -1.74. The predicted molar refractivity (Wildman–Crippen MR) is 73.4 cm³/mol. The molecule has 6 nitrogen and oxygen atoms in total. The summed E-state index contributed by atoms with van der Waals surface area (Å²) in [5, 5.41) is 7.00. The zero-order chi connectivity index (χ0) is 13.7.